The molecule has 1 unspecified atom stereocenters. The van der Waals surface area contributed by atoms with Gasteiger partial charge in [-0.1, -0.05) is 11.6 Å². The van der Waals surface area contributed by atoms with Crippen LogP contribution in [0.5, 0.6) is 0 Å². The predicted octanol–water partition coefficient (Wildman–Crippen LogP) is 1.90. The fourth-order valence-corrected chi connectivity index (χ4v) is 3.11. The van der Waals surface area contributed by atoms with Crippen LogP contribution in [-0.4, -0.2) is 30.0 Å². The highest BCUT2D eigenvalue weighted by molar-refractivity contribution is 7.07. The van der Waals surface area contributed by atoms with E-state index in [2.05, 4.69) is 16.7 Å². The number of allylic oxidation sites excluding steroid dienone is 1. The van der Waals surface area contributed by atoms with Crippen molar-refractivity contribution in [3.05, 3.63) is 34.0 Å². The van der Waals surface area contributed by atoms with Gasteiger partial charge in [-0.3, -0.25) is 9.59 Å². The monoisotopic (exact) mass is 322 g/mol. The van der Waals surface area contributed by atoms with Gasteiger partial charge in [0, 0.05) is 13.1 Å². The molecule has 1 aliphatic rings. The smallest absolute Gasteiger partial charge is 0.309 e. The van der Waals surface area contributed by atoms with Gasteiger partial charge in [0.05, 0.1) is 6.10 Å². The molecule has 2 rings (SSSR count). The van der Waals surface area contributed by atoms with Crippen molar-refractivity contribution in [3.63, 3.8) is 0 Å². The van der Waals surface area contributed by atoms with Gasteiger partial charge in [0.25, 0.3) is 0 Å². The predicted molar refractivity (Wildman–Crippen MR) is 86.5 cm³/mol. The van der Waals surface area contributed by atoms with Gasteiger partial charge in [0.1, 0.15) is 0 Å². The topological polar surface area (TPSA) is 78.4 Å². The lowest BCUT2D eigenvalue weighted by atomic mass is 9.97. The van der Waals surface area contributed by atoms with Gasteiger partial charge in [0.15, 0.2) is 0 Å². The van der Waals surface area contributed by atoms with Crippen LogP contribution < -0.4 is 10.6 Å². The lowest BCUT2D eigenvalue weighted by Crippen LogP contribution is -2.41. The highest BCUT2D eigenvalue weighted by Crippen LogP contribution is 2.19. The van der Waals surface area contributed by atoms with Crippen molar-refractivity contribution in [1.29, 1.82) is 0 Å². The largest absolute Gasteiger partial charge is 0.387 e. The number of carbonyl (C=O) groups is 2. The van der Waals surface area contributed by atoms with Gasteiger partial charge in [-0.2, -0.15) is 11.3 Å². The van der Waals surface area contributed by atoms with E-state index in [9.17, 15) is 14.7 Å². The second-order valence-corrected chi connectivity index (χ2v) is 6.18. The Labute approximate surface area is 134 Å². The SMILES string of the molecule is O=C(NCCC1=CCCCC1)C(=O)NCC(O)c1ccsc1. The maximum atomic E-state index is 11.7. The lowest BCUT2D eigenvalue weighted by Gasteiger charge is -2.13. The van der Waals surface area contributed by atoms with Crippen molar-refractivity contribution in [2.24, 2.45) is 0 Å². The van der Waals surface area contributed by atoms with Crippen molar-refractivity contribution in [2.45, 2.75) is 38.2 Å². The number of nitrogens with one attached hydrogen (secondary N) is 2. The normalized spacial score (nSPS) is 15.8. The summed E-state index contributed by atoms with van der Waals surface area (Å²) in [5.74, 6) is -1.35. The van der Waals surface area contributed by atoms with E-state index < -0.39 is 17.9 Å². The lowest BCUT2D eigenvalue weighted by molar-refractivity contribution is -0.139. The minimum Gasteiger partial charge on any atom is -0.387 e. The minimum absolute atomic E-state index is 0.0359. The van der Waals surface area contributed by atoms with E-state index >= 15 is 0 Å². The van der Waals surface area contributed by atoms with Crippen molar-refractivity contribution < 1.29 is 14.7 Å². The molecular formula is C16H22N2O3S. The van der Waals surface area contributed by atoms with E-state index in [1.54, 1.807) is 6.07 Å². The Kier molecular flexibility index (Phi) is 6.61. The summed E-state index contributed by atoms with van der Waals surface area (Å²) >= 11 is 1.48. The third-order valence-corrected chi connectivity index (χ3v) is 4.41. The Morgan fingerprint density at radius 2 is 2.09 bits per heavy atom. The van der Waals surface area contributed by atoms with E-state index in [0.29, 0.717) is 6.54 Å². The second-order valence-electron chi connectivity index (χ2n) is 5.40. The summed E-state index contributed by atoms with van der Waals surface area (Å²) in [6.45, 7) is 0.513. The summed E-state index contributed by atoms with van der Waals surface area (Å²) in [5, 5.41) is 18.6. The molecule has 0 aliphatic heterocycles. The first-order valence-corrected chi connectivity index (χ1v) is 8.55. The molecule has 5 nitrogen and oxygen atoms in total. The molecule has 2 amide bonds. The Morgan fingerprint density at radius 3 is 2.77 bits per heavy atom. The number of hydrogen-bond donors (Lipinski definition) is 3. The van der Waals surface area contributed by atoms with E-state index in [4.69, 9.17) is 0 Å². The molecule has 0 saturated heterocycles. The molecule has 1 aromatic rings. The zero-order chi connectivity index (χ0) is 15.8. The summed E-state index contributed by atoms with van der Waals surface area (Å²) in [6, 6.07) is 1.79. The van der Waals surface area contributed by atoms with Gasteiger partial charge in [-0.05, 0) is 54.5 Å². The highest BCUT2D eigenvalue weighted by atomic mass is 32.1. The molecule has 120 valence electrons. The number of hydrogen-bond acceptors (Lipinski definition) is 4. The van der Waals surface area contributed by atoms with E-state index in [1.165, 1.54) is 29.8 Å². The quantitative estimate of drug-likeness (QED) is 0.553. The molecule has 0 spiro atoms. The molecule has 1 aromatic heterocycles. The van der Waals surface area contributed by atoms with E-state index in [0.717, 1.165) is 24.8 Å². The first-order chi connectivity index (χ1) is 10.7. The summed E-state index contributed by atoms with van der Waals surface area (Å²) in [6.07, 6.45) is 6.91. The third kappa shape index (κ3) is 5.27. The van der Waals surface area contributed by atoms with Crippen LogP contribution in [-0.2, 0) is 9.59 Å². The van der Waals surface area contributed by atoms with Crippen molar-refractivity contribution in [3.8, 4) is 0 Å². The Morgan fingerprint density at radius 1 is 1.27 bits per heavy atom. The van der Waals surface area contributed by atoms with Crippen LogP contribution in [0.15, 0.2) is 28.5 Å². The van der Waals surface area contributed by atoms with Gasteiger partial charge < -0.3 is 15.7 Å². The van der Waals surface area contributed by atoms with Gasteiger partial charge in [-0.15, -0.1) is 0 Å². The zero-order valence-electron chi connectivity index (χ0n) is 12.5. The fourth-order valence-electron chi connectivity index (χ4n) is 2.40. The third-order valence-electron chi connectivity index (χ3n) is 3.71. The van der Waals surface area contributed by atoms with Crippen LogP contribution in [0.1, 0.15) is 43.8 Å². The number of carbonyl (C=O) groups excluding carboxylic acids is 2. The van der Waals surface area contributed by atoms with Crippen LogP contribution in [0.25, 0.3) is 0 Å². The summed E-state index contributed by atoms with van der Waals surface area (Å²) in [4.78, 5) is 23.3. The van der Waals surface area contributed by atoms with Crippen LogP contribution in [0, 0.1) is 0 Å². The first kappa shape index (κ1) is 16.7. The molecular weight excluding hydrogens is 300 g/mol. The van der Waals surface area contributed by atoms with Crippen molar-refractivity contribution in [1.82, 2.24) is 10.6 Å². The summed E-state index contributed by atoms with van der Waals surface area (Å²) in [7, 11) is 0. The number of rotatable bonds is 6. The summed E-state index contributed by atoms with van der Waals surface area (Å²) < 4.78 is 0. The Bertz CT molecular complexity index is 526. The van der Waals surface area contributed by atoms with E-state index in [-0.39, 0.29) is 6.54 Å². The molecule has 0 saturated carbocycles. The number of aliphatic hydroxyl groups excluding tert-OH is 1. The zero-order valence-corrected chi connectivity index (χ0v) is 13.3. The van der Waals surface area contributed by atoms with Crippen molar-refractivity contribution in [2.75, 3.05) is 13.1 Å². The Balaban J connectivity index is 1.64. The molecule has 1 heterocycles. The molecule has 0 radical (unpaired) electrons. The molecule has 0 aromatic carbocycles. The van der Waals surface area contributed by atoms with Crippen LogP contribution in [0.2, 0.25) is 0 Å². The minimum atomic E-state index is -0.782. The summed E-state index contributed by atoms with van der Waals surface area (Å²) in [5.41, 5.74) is 2.11. The maximum absolute atomic E-state index is 11.7. The average Bonchev–Trinajstić information content (AvgIpc) is 3.07. The standard InChI is InChI=1S/C16H22N2O3S/c19-14(13-7-9-22-11-13)10-18-16(21)15(20)17-8-6-12-4-2-1-3-5-12/h4,7,9,11,14,19H,1-3,5-6,8,10H2,(H,17,20)(H,18,21). The molecule has 3 N–H and O–H groups in total. The Hall–Kier alpha value is -1.66. The second kappa shape index (κ2) is 8.70. The molecule has 0 fully saturated rings. The fraction of sp³-hybridized carbons (Fsp3) is 0.500. The van der Waals surface area contributed by atoms with Crippen LogP contribution in [0.3, 0.4) is 0 Å². The highest BCUT2D eigenvalue weighted by Gasteiger charge is 2.15. The van der Waals surface area contributed by atoms with Gasteiger partial charge in [0.2, 0.25) is 0 Å². The molecule has 6 heteroatoms. The van der Waals surface area contributed by atoms with Crippen LogP contribution in [0.4, 0.5) is 0 Å². The van der Waals surface area contributed by atoms with Crippen molar-refractivity contribution >= 4 is 23.2 Å². The van der Waals surface area contributed by atoms with Gasteiger partial charge in [-0.25, -0.2) is 0 Å². The number of thiophene rings is 1. The number of amides is 2. The van der Waals surface area contributed by atoms with Gasteiger partial charge >= 0.3 is 11.8 Å². The molecule has 0 bridgehead atoms. The molecule has 22 heavy (non-hydrogen) atoms. The van der Waals surface area contributed by atoms with E-state index in [1.807, 2.05) is 10.8 Å². The van der Waals surface area contributed by atoms with Crippen LogP contribution >= 0.6 is 11.3 Å². The maximum Gasteiger partial charge on any atom is 0.309 e. The molecule has 1 atom stereocenters. The first-order valence-electron chi connectivity index (χ1n) is 7.61. The average molecular weight is 322 g/mol. The molecule has 1 aliphatic carbocycles. The number of aliphatic hydroxyl groups is 1.